The molecule has 3 rings (SSSR count). The smallest absolute Gasteiger partial charge is 0.265 e. The van der Waals surface area contributed by atoms with Crippen molar-refractivity contribution in [2.75, 3.05) is 11.9 Å². The monoisotopic (exact) mass is 328 g/mol. The van der Waals surface area contributed by atoms with Crippen LogP contribution in [0.5, 0.6) is 0 Å². The standard InChI is InChI=1S/C18H20N2O2S/c1-13-5-2-3-11-20(13)18(22)14-7-9-15(10-8-14)19-17(21)16-6-4-12-23-16/h4,6-10,12-13H,2-3,5,11H2,1H3,(H,19,21)/t13-/m1/s1. The Balaban J connectivity index is 1.67. The Morgan fingerprint density at radius 3 is 2.61 bits per heavy atom. The maximum absolute atomic E-state index is 12.6. The van der Waals surface area contributed by atoms with Gasteiger partial charge in [0.15, 0.2) is 0 Å². The van der Waals surface area contributed by atoms with Gasteiger partial charge in [0.2, 0.25) is 0 Å². The van der Waals surface area contributed by atoms with Crippen molar-refractivity contribution in [1.29, 1.82) is 0 Å². The van der Waals surface area contributed by atoms with Crippen LogP contribution in [0.3, 0.4) is 0 Å². The first-order chi connectivity index (χ1) is 11.1. The minimum atomic E-state index is -0.122. The van der Waals surface area contributed by atoms with E-state index in [0.717, 1.165) is 19.4 Å². The molecule has 120 valence electrons. The zero-order valence-corrected chi connectivity index (χ0v) is 13.9. The van der Waals surface area contributed by atoms with Gasteiger partial charge in [-0.2, -0.15) is 0 Å². The minimum absolute atomic E-state index is 0.0772. The van der Waals surface area contributed by atoms with Gasteiger partial charge in [-0.1, -0.05) is 6.07 Å². The number of carbonyl (C=O) groups excluding carboxylic acids is 2. The number of carbonyl (C=O) groups is 2. The number of nitrogens with zero attached hydrogens (tertiary/aromatic N) is 1. The van der Waals surface area contributed by atoms with Gasteiger partial charge in [0.25, 0.3) is 11.8 Å². The third kappa shape index (κ3) is 3.62. The van der Waals surface area contributed by atoms with E-state index >= 15 is 0 Å². The van der Waals surface area contributed by atoms with Crippen molar-refractivity contribution < 1.29 is 9.59 Å². The molecule has 0 radical (unpaired) electrons. The van der Waals surface area contributed by atoms with E-state index in [0.29, 0.717) is 22.2 Å². The normalized spacial score (nSPS) is 17.8. The molecule has 0 spiro atoms. The molecule has 1 saturated heterocycles. The van der Waals surface area contributed by atoms with Crippen molar-refractivity contribution in [3.63, 3.8) is 0 Å². The van der Waals surface area contributed by atoms with Crippen molar-refractivity contribution in [2.24, 2.45) is 0 Å². The predicted octanol–water partition coefficient (Wildman–Crippen LogP) is 4.02. The Bertz CT molecular complexity index is 680. The average Bonchev–Trinajstić information content (AvgIpc) is 3.10. The maximum atomic E-state index is 12.6. The molecule has 1 aromatic carbocycles. The number of anilines is 1. The second-order valence-corrected chi connectivity index (χ2v) is 6.80. The SMILES string of the molecule is C[C@@H]1CCCCN1C(=O)c1ccc(NC(=O)c2cccs2)cc1. The fraction of sp³-hybridized carbons (Fsp3) is 0.333. The van der Waals surface area contributed by atoms with E-state index in [2.05, 4.69) is 12.2 Å². The molecular weight excluding hydrogens is 308 g/mol. The summed E-state index contributed by atoms with van der Waals surface area (Å²) in [5, 5.41) is 4.72. The fourth-order valence-corrected chi connectivity index (χ4v) is 3.48. The van der Waals surface area contributed by atoms with E-state index in [1.807, 2.05) is 16.3 Å². The molecule has 0 saturated carbocycles. The highest BCUT2D eigenvalue weighted by Crippen LogP contribution is 2.20. The Hall–Kier alpha value is -2.14. The summed E-state index contributed by atoms with van der Waals surface area (Å²) in [5.74, 6) is -0.0444. The van der Waals surface area contributed by atoms with Crippen molar-refractivity contribution in [3.05, 3.63) is 52.2 Å². The van der Waals surface area contributed by atoms with Gasteiger partial charge in [0, 0.05) is 23.8 Å². The molecule has 2 heterocycles. The Morgan fingerprint density at radius 2 is 1.96 bits per heavy atom. The number of likely N-dealkylation sites (tertiary alicyclic amines) is 1. The molecule has 2 aromatic rings. The van der Waals surface area contributed by atoms with Crippen molar-refractivity contribution in [3.8, 4) is 0 Å². The number of piperidine rings is 1. The highest BCUT2D eigenvalue weighted by Gasteiger charge is 2.24. The lowest BCUT2D eigenvalue weighted by Crippen LogP contribution is -2.42. The van der Waals surface area contributed by atoms with E-state index in [9.17, 15) is 9.59 Å². The maximum Gasteiger partial charge on any atom is 0.265 e. The zero-order valence-electron chi connectivity index (χ0n) is 13.1. The summed E-state index contributed by atoms with van der Waals surface area (Å²) in [7, 11) is 0. The quantitative estimate of drug-likeness (QED) is 0.925. The van der Waals surface area contributed by atoms with Gasteiger partial charge in [0.1, 0.15) is 0 Å². The lowest BCUT2D eigenvalue weighted by molar-refractivity contribution is 0.0635. The molecule has 1 atom stereocenters. The van der Waals surface area contributed by atoms with Gasteiger partial charge < -0.3 is 10.2 Å². The predicted molar refractivity (Wildman–Crippen MR) is 93.1 cm³/mol. The van der Waals surface area contributed by atoms with Gasteiger partial charge in [-0.15, -0.1) is 11.3 Å². The first-order valence-electron chi connectivity index (χ1n) is 7.91. The van der Waals surface area contributed by atoms with Crippen molar-refractivity contribution in [1.82, 2.24) is 4.90 Å². The minimum Gasteiger partial charge on any atom is -0.336 e. The number of thiophene rings is 1. The number of rotatable bonds is 3. The van der Waals surface area contributed by atoms with Crippen molar-refractivity contribution >= 4 is 28.8 Å². The Kier molecular flexibility index (Phi) is 4.76. The van der Waals surface area contributed by atoms with Crippen LogP contribution in [0.1, 0.15) is 46.2 Å². The van der Waals surface area contributed by atoms with E-state index in [1.54, 1.807) is 30.3 Å². The number of amides is 2. The molecule has 0 unspecified atom stereocenters. The van der Waals surface area contributed by atoms with E-state index < -0.39 is 0 Å². The van der Waals surface area contributed by atoms with Crippen LogP contribution < -0.4 is 5.32 Å². The summed E-state index contributed by atoms with van der Waals surface area (Å²) in [4.78, 5) is 27.2. The molecule has 5 heteroatoms. The molecule has 0 bridgehead atoms. The highest BCUT2D eigenvalue weighted by molar-refractivity contribution is 7.12. The van der Waals surface area contributed by atoms with Crippen LogP contribution >= 0.6 is 11.3 Å². The zero-order chi connectivity index (χ0) is 16.2. The fourth-order valence-electron chi connectivity index (χ4n) is 2.86. The molecule has 1 fully saturated rings. The summed E-state index contributed by atoms with van der Waals surface area (Å²) in [6, 6.07) is 11.1. The number of hydrogen-bond acceptors (Lipinski definition) is 3. The third-order valence-electron chi connectivity index (χ3n) is 4.20. The van der Waals surface area contributed by atoms with Gasteiger partial charge in [-0.05, 0) is 61.9 Å². The Morgan fingerprint density at radius 1 is 1.17 bits per heavy atom. The number of benzene rings is 1. The summed E-state index contributed by atoms with van der Waals surface area (Å²) < 4.78 is 0. The van der Waals surface area contributed by atoms with Crippen LogP contribution in [-0.4, -0.2) is 29.3 Å². The molecule has 23 heavy (non-hydrogen) atoms. The van der Waals surface area contributed by atoms with Crippen LogP contribution in [0.4, 0.5) is 5.69 Å². The highest BCUT2D eigenvalue weighted by atomic mass is 32.1. The first-order valence-corrected chi connectivity index (χ1v) is 8.79. The second-order valence-electron chi connectivity index (χ2n) is 5.85. The molecule has 4 nitrogen and oxygen atoms in total. The first kappa shape index (κ1) is 15.7. The Labute approximate surface area is 140 Å². The molecular formula is C18H20N2O2S. The van der Waals surface area contributed by atoms with E-state index in [1.165, 1.54) is 17.8 Å². The topological polar surface area (TPSA) is 49.4 Å². The second kappa shape index (κ2) is 6.96. The summed E-state index contributed by atoms with van der Waals surface area (Å²) in [5.41, 5.74) is 1.37. The van der Waals surface area contributed by atoms with Gasteiger partial charge in [-0.25, -0.2) is 0 Å². The third-order valence-corrected chi connectivity index (χ3v) is 5.07. The lowest BCUT2D eigenvalue weighted by atomic mass is 10.0. The van der Waals surface area contributed by atoms with Crippen LogP contribution in [0.25, 0.3) is 0 Å². The average molecular weight is 328 g/mol. The molecule has 0 aliphatic carbocycles. The molecule has 1 N–H and O–H groups in total. The van der Waals surface area contributed by atoms with Gasteiger partial charge in [-0.3, -0.25) is 9.59 Å². The van der Waals surface area contributed by atoms with E-state index in [-0.39, 0.29) is 11.8 Å². The van der Waals surface area contributed by atoms with Gasteiger partial charge >= 0.3 is 0 Å². The number of nitrogens with one attached hydrogen (secondary N) is 1. The molecule has 1 aromatic heterocycles. The van der Waals surface area contributed by atoms with Crippen molar-refractivity contribution in [2.45, 2.75) is 32.2 Å². The summed E-state index contributed by atoms with van der Waals surface area (Å²) >= 11 is 1.40. The molecule has 1 aliphatic heterocycles. The van der Waals surface area contributed by atoms with Crippen LogP contribution in [-0.2, 0) is 0 Å². The lowest BCUT2D eigenvalue weighted by Gasteiger charge is -2.33. The van der Waals surface area contributed by atoms with Crippen LogP contribution in [0.2, 0.25) is 0 Å². The van der Waals surface area contributed by atoms with Crippen LogP contribution in [0.15, 0.2) is 41.8 Å². The molecule has 1 aliphatic rings. The largest absolute Gasteiger partial charge is 0.336 e. The van der Waals surface area contributed by atoms with Gasteiger partial charge in [0.05, 0.1) is 4.88 Å². The number of hydrogen-bond donors (Lipinski definition) is 1. The molecule has 2 amide bonds. The summed E-state index contributed by atoms with van der Waals surface area (Å²) in [6.07, 6.45) is 3.34. The van der Waals surface area contributed by atoms with Crippen LogP contribution in [0, 0.1) is 0 Å². The van der Waals surface area contributed by atoms with E-state index in [4.69, 9.17) is 0 Å². The summed E-state index contributed by atoms with van der Waals surface area (Å²) in [6.45, 7) is 2.93.